The van der Waals surface area contributed by atoms with Crippen LogP contribution in [0.3, 0.4) is 0 Å². The van der Waals surface area contributed by atoms with Crippen molar-refractivity contribution in [1.82, 2.24) is 4.98 Å². The average Bonchev–Trinajstić information content (AvgIpc) is 3.26. The predicted molar refractivity (Wildman–Crippen MR) is 144 cm³/mol. The maximum Gasteiger partial charge on any atom is 0.339 e. The van der Waals surface area contributed by atoms with Gasteiger partial charge in [0, 0.05) is 10.9 Å². The van der Waals surface area contributed by atoms with Crippen LogP contribution < -0.4 is 0 Å². The number of ketones is 1. The molecule has 0 fully saturated rings. The number of rotatable bonds is 5. The zero-order valence-electron chi connectivity index (χ0n) is 21.1. The Hall–Kier alpha value is -4.05. The summed E-state index contributed by atoms with van der Waals surface area (Å²) in [7, 11) is 0. The highest BCUT2D eigenvalue weighted by molar-refractivity contribution is 6.08. The smallest absolute Gasteiger partial charge is 0.339 e. The number of hydrogen-bond acceptors (Lipinski definition) is 4. The van der Waals surface area contributed by atoms with E-state index in [0.717, 1.165) is 56.4 Å². The lowest BCUT2D eigenvalue weighted by molar-refractivity contribution is 0.0475. The lowest BCUT2D eigenvalue weighted by atomic mass is 9.98. The van der Waals surface area contributed by atoms with E-state index in [-0.39, 0.29) is 12.4 Å². The van der Waals surface area contributed by atoms with Crippen LogP contribution in [0.4, 0.5) is 0 Å². The fourth-order valence-electron chi connectivity index (χ4n) is 4.92. The van der Waals surface area contributed by atoms with Gasteiger partial charge >= 0.3 is 5.97 Å². The van der Waals surface area contributed by atoms with Gasteiger partial charge in [0.05, 0.1) is 16.8 Å². The number of fused-ring (bicyclic) bond motifs is 2. The van der Waals surface area contributed by atoms with Crippen LogP contribution in [0.2, 0.25) is 0 Å². The van der Waals surface area contributed by atoms with Crippen LogP contribution in [0.15, 0.2) is 60.7 Å². The number of allylic oxidation sites excluding steroid dienone is 1. The molecule has 1 aliphatic carbocycles. The largest absolute Gasteiger partial charge is 0.454 e. The summed E-state index contributed by atoms with van der Waals surface area (Å²) in [4.78, 5) is 31.3. The summed E-state index contributed by atoms with van der Waals surface area (Å²) in [5.74, 6) is -0.671. The minimum atomic E-state index is -0.476. The quantitative estimate of drug-likeness (QED) is 0.230. The Bertz CT molecular complexity index is 1540. The minimum Gasteiger partial charge on any atom is -0.454 e. The van der Waals surface area contributed by atoms with Crippen molar-refractivity contribution in [1.29, 1.82) is 0 Å². The highest BCUT2D eigenvalue weighted by Crippen LogP contribution is 2.37. The highest BCUT2D eigenvalue weighted by atomic mass is 16.5. The maximum absolute atomic E-state index is 13.4. The molecule has 0 radical (unpaired) electrons. The lowest BCUT2D eigenvalue weighted by Gasteiger charge is -2.13. The minimum absolute atomic E-state index is 0.195. The lowest BCUT2D eigenvalue weighted by Crippen LogP contribution is -2.17. The van der Waals surface area contributed by atoms with Crippen molar-refractivity contribution in [3.63, 3.8) is 0 Å². The summed E-state index contributed by atoms with van der Waals surface area (Å²) >= 11 is 0. The van der Waals surface area contributed by atoms with E-state index < -0.39 is 5.97 Å². The number of carbonyl (C=O) groups excluding carboxylic acids is 2. The molecule has 1 heterocycles. The topological polar surface area (TPSA) is 56.3 Å². The van der Waals surface area contributed by atoms with Crippen molar-refractivity contribution in [2.45, 2.75) is 40.5 Å². The van der Waals surface area contributed by atoms with E-state index >= 15 is 0 Å². The number of carbonyl (C=O) groups is 2. The summed E-state index contributed by atoms with van der Waals surface area (Å²) in [6, 6.07) is 19.9. The molecule has 0 N–H and O–H groups in total. The molecule has 0 amide bonds. The second-order valence-electron chi connectivity index (χ2n) is 9.66. The number of nitrogens with zero attached hydrogens (tertiary/aromatic N) is 1. The van der Waals surface area contributed by atoms with Crippen LogP contribution in [0.25, 0.3) is 22.6 Å². The fraction of sp³-hybridized carbons (Fsp3) is 0.219. The van der Waals surface area contributed by atoms with Gasteiger partial charge in [-0.25, -0.2) is 9.78 Å². The standard InChI is InChI=1S/C32H29NO3/c1-19-9-11-23(12-10-19)17-24-13-14-26-30(25-7-5-6-8-28(25)33-31(24)26)32(35)36-18-29(34)27-16-21(3)20(2)15-22(27)4/h5-12,15-17H,13-14,18H2,1-4H3. The molecule has 0 unspecified atom stereocenters. The molecule has 1 aromatic heterocycles. The Balaban J connectivity index is 1.48. The second-order valence-corrected chi connectivity index (χ2v) is 9.66. The van der Waals surface area contributed by atoms with Gasteiger partial charge in [-0.05, 0) is 92.1 Å². The van der Waals surface area contributed by atoms with E-state index in [2.05, 4.69) is 37.3 Å². The molecule has 36 heavy (non-hydrogen) atoms. The van der Waals surface area contributed by atoms with Crippen LogP contribution >= 0.6 is 0 Å². The molecular formula is C32H29NO3. The molecular weight excluding hydrogens is 446 g/mol. The first kappa shape index (κ1) is 23.7. The number of esters is 1. The number of aryl methyl sites for hydroxylation is 4. The van der Waals surface area contributed by atoms with Gasteiger partial charge in [0.1, 0.15) is 0 Å². The Morgan fingerprint density at radius 1 is 0.889 bits per heavy atom. The summed E-state index contributed by atoms with van der Waals surface area (Å²) in [6.45, 7) is 7.69. The first-order valence-corrected chi connectivity index (χ1v) is 12.3. The molecule has 0 aliphatic heterocycles. The van der Waals surface area contributed by atoms with E-state index in [1.807, 2.05) is 57.2 Å². The van der Waals surface area contributed by atoms with Crippen molar-refractivity contribution in [2.24, 2.45) is 0 Å². The SMILES string of the molecule is Cc1ccc(C=C2CCc3c2nc2ccccc2c3C(=O)OCC(=O)c2cc(C)c(C)cc2C)cc1. The van der Waals surface area contributed by atoms with Crippen molar-refractivity contribution in [3.8, 4) is 0 Å². The van der Waals surface area contributed by atoms with E-state index in [0.29, 0.717) is 17.5 Å². The molecule has 3 aromatic carbocycles. The van der Waals surface area contributed by atoms with Crippen molar-refractivity contribution < 1.29 is 14.3 Å². The van der Waals surface area contributed by atoms with Gasteiger partial charge in [0.15, 0.2) is 6.61 Å². The van der Waals surface area contributed by atoms with Gasteiger partial charge < -0.3 is 4.74 Å². The molecule has 5 rings (SSSR count). The van der Waals surface area contributed by atoms with Crippen LogP contribution in [0.5, 0.6) is 0 Å². The molecule has 0 saturated carbocycles. The maximum atomic E-state index is 13.4. The molecule has 0 spiro atoms. The number of pyridine rings is 1. The Kier molecular flexibility index (Phi) is 6.27. The van der Waals surface area contributed by atoms with E-state index in [1.54, 1.807) is 0 Å². The molecule has 4 aromatic rings. The first-order valence-electron chi connectivity index (χ1n) is 12.3. The predicted octanol–water partition coefficient (Wildman–Crippen LogP) is 6.99. The average molecular weight is 476 g/mol. The zero-order chi connectivity index (χ0) is 25.4. The summed E-state index contributed by atoms with van der Waals surface area (Å²) < 4.78 is 5.63. The fourth-order valence-corrected chi connectivity index (χ4v) is 4.92. The third kappa shape index (κ3) is 4.47. The zero-order valence-corrected chi connectivity index (χ0v) is 21.1. The van der Waals surface area contributed by atoms with Crippen molar-refractivity contribution >= 4 is 34.3 Å². The van der Waals surface area contributed by atoms with Gasteiger partial charge in [-0.1, -0.05) is 54.1 Å². The summed E-state index contributed by atoms with van der Waals surface area (Å²) in [6.07, 6.45) is 3.65. The van der Waals surface area contributed by atoms with Crippen molar-refractivity contribution in [3.05, 3.63) is 111 Å². The van der Waals surface area contributed by atoms with Crippen molar-refractivity contribution in [2.75, 3.05) is 6.61 Å². The van der Waals surface area contributed by atoms with E-state index in [1.165, 1.54) is 5.56 Å². The Morgan fingerprint density at radius 3 is 2.39 bits per heavy atom. The highest BCUT2D eigenvalue weighted by Gasteiger charge is 2.28. The molecule has 180 valence electrons. The van der Waals surface area contributed by atoms with Gasteiger partial charge in [0.2, 0.25) is 5.78 Å². The van der Waals surface area contributed by atoms with Crippen LogP contribution in [0.1, 0.15) is 66.2 Å². The second kappa shape index (κ2) is 9.54. The molecule has 0 bridgehead atoms. The molecule has 0 saturated heterocycles. The van der Waals surface area contributed by atoms with Gasteiger partial charge in [-0.15, -0.1) is 0 Å². The van der Waals surface area contributed by atoms with E-state index in [4.69, 9.17) is 9.72 Å². The molecule has 0 atom stereocenters. The van der Waals surface area contributed by atoms with Crippen LogP contribution in [-0.4, -0.2) is 23.3 Å². The van der Waals surface area contributed by atoms with Gasteiger partial charge in [-0.2, -0.15) is 0 Å². The van der Waals surface area contributed by atoms with Gasteiger partial charge in [0.25, 0.3) is 0 Å². The number of Topliss-reactive ketones (excluding diaryl/α,β-unsaturated/α-hetero) is 1. The molecule has 4 heteroatoms. The number of ether oxygens (including phenoxy) is 1. The summed E-state index contributed by atoms with van der Waals surface area (Å²) in [5.41, 5.74) is 10.1. The third-order valence-electron chi connectivity index (χ3n) is 7.04. The summed E-state index contributed by atoms with van der Waals surface area (Å²) in [5, 5.41) is 0.757. The Labute approximate surface area is 211 Å². The van der Waals surface area contributed by atoms with Crippen LogP contribution in [-0.2, 0) is 11.2 Å². The monoisotopic (exact) mass is 475 g/mol. The van der Waals surface area contributed by atoms with Crippen LogP contribution in [0, 0.1) is 27.7 Å². The Morgan fingerprint density at radius 2 is 1.61 bits per heavy atom. The van der Waals surface area contributed by atoms with Gasteiger partial charge in [-0.3, -0.25) is 4.79 Å². The molecule has 1 aliphatic rings. The third-order valence-corrected chi connectivity index (χ3v) is 7.04. The number of benzene rings is 3. The number of hydrogen-bond donors (Lipinski definition) is 0. The normalized spacial score (nSPS) is 13.7. The van der Waals surface area contributed by atoms with E-state index in [9.17, 15) is 9.59 Å². The molecule has 4 nitrogen and oxygen atoms in total. The first-order chi connectivity index (χ1) is 17.3. The number of para-hydroxylation sites is 1. The number of aromatic nitrogens is 1.